The second kappa shape index (κ2) is 6.38. The van der Waals surface area contributed by atoms with Crippen molar-refractivity contribution in [2.45, 2.75) is 77.4 Å². The Labute approximate surface area is 113 Å². The van der Waals surface area contributed by atoms with Crippen LogP contribution in [0.5, 0.6) is 0 Å². The van der Waals surface area contributed by atoms with Gasteiger partial charge in [-0.3, -0.25) is 0 Å². The first-order valence-corrected chi connectivity index (χ1v) is 7.97. The molecule has 0 aromatic rings. The average Bonchev–Trinajstić information content (AvgIpc) is 3.14. The van der Waals surface area contributed by atoms with Gasteiger partial charge in [0.15, 0.2) is 0 Å². The third-order valence-electron chi connectivity index (χ3n) is 4.58. The molecule has 2 nitrogen and oxygen atoms in total. The van der Waals surface area contributed by atoms with E-state index in [1.807, 2.05) is 0 Å². The van der Waals surface area contributed by atoms with Crippen LogP contribution in [0.25, 0.3) is 0 Å². The zero-order valence-corrected chi connectivity index (χ0v) is 12.5. The standard InChI is InChI=1S/C16H31NO/c1-13(2)8-11-18-16(12-17-15-4-5-15)9-6-14(3)7-10-16/h13-15,17H,4-12H2,1-3H3. The van der Waals surface area contributed by atoms with Crippen molar-refractivity contribution in [1.29, 1.82) is 0 Å². The molecule has 0 aromatic heterocycles. The van der Waals surface area contributed by atoms with Crippen molar-refractivity contribution in [2.24, 2.45) is 11.8 Å². The smallest absolute Gasteiger partial charge is 0.0806 e. The third kappa shape index (κ3) is 4.55. The zero-order valence-electron chi connectivity index (χ0n) is 12.5. The number of nitrogens with one attached hydrogen (secondary N) is 1. The van der Waals surface area contributed by atoms with Crippen LogP contribution in [0.15, 0.2) is 0 Å². The molecule has 0 aliphatic heterocycles. The van der Waals surface area contributed by atoms with Gasteiger partial charge in [-0.25, -0.2) is 0 Å². The molecule has 0 heterocycles. The summed E-state index contributed by atoms with van der Waals surface area (Å²) < 4.78 is 6.35. The first-order chi connectivity index (χ1) is 8.60. The van der Waals surface area contributed by atoms with Gasteiger partial charge in [-0.05, 0) is 56.8 Å². The summed E-state index contributed by atoms with van der Waals surface area (Å²) in [6.45, 7) is 8.97. The molecule has 18 heavy (non-hydrogen) atoms. The molecular weight excluding hydrogens is 222 g/mol. The third-order valence-corrected chi connectivity index (χ3v) is 4.58. The lowest BCUT2D eigenvalue weighted by Crippen LogP contribution is -2.46. The van der Waals surface area contributed by atoms with Crippen LogP contribution in [-0.2, 0) is 4.74 Å². The molecule has 2 aliphatic carbocycles. The molecule has 0 saturated heterocycles. The molecule has 0 bridgehead atoms. The Morgan fingerprint density at radius 3 is 2.39 bits per heavy atom. The second-order valence-electron chi connectivity index (χ2n) is 7.05. The summed E-state index contributed by atoms with van der Waals surface area (Å²) in [6.07, 6.45) is 9.14. The van der Waals surface area contributed by atoms with E-state index in [2.05, 4.69) is 26.1 Å². The van der Waals surface area contributed by atoms with Crippen LogP contribution in [0.1, 0.15) is 65.7 Å². The van der Waals surface area contributed by atoms with E-state index in [-0.39, 0.29) is 5.60 Å². The SMILES string of the molecule is CC(C)CCOC1(CNC2CC2)CCC(C)CC1. The van der Waals surface area contributed by atoms with Crippen LogP contribution in [0.3, 0.4) is 0 Å². The maximum absolute atomic E-state index is 6.35. The van der Waals surface area contributed by atoms with Gasteiger partial charge in [0.25, 0.3) is 0 Å². The van der Waals surface area contributed by atoms with Gasteiger partial charge in [0, 0.05) is 19.2 Å². The summed E-state index contributed by atoms with van der Waals surface area (Å²) in [5, 5.41) is 3.70. The molecule has 2 fully saturated rings. The maximum Gasteiger partial charge on any atom is 0.0806 e. The van der Waals surface area contributed by atoms with E-state index in [9.17, 15) is 0 Å². The average molecular weight is 253 g/mol. The Kier molecular flexibility index (Phi) is 5.08. The highest BCUT2D eigenvalue weighted by Gasteiger charge is 2.36. The molecule has 0 atom stereocenters. The number of hydrogen-bond donors (Lipinski definition) is 1. The predicted molar refractivity (Wildman–Crippen MR) is 76.8 cm³/mol. The molecule has 2 aliphatic rings. The molecular formula is C16H31NO. The quantitative estimate of drug-likeness (QED) is 0.746. The van der Waals surface area contributed by atoms with Gasteiger partial charge >= 0.3 is 0 Å². The monoisotopic (exact) mass is 253 g/mol. The number of ether oxygens (including phenoxy) is 1. The van der Waals surface area contributed by atoms with E-state index in [1.165, 1.54) is 44.9 Å². The van der Waals surface area contributed by atoms with E-state index in [0.717, 1.165) is 31.0 Å². The van der Waals surface area contributed by atoms with Crippen molar-refractivity contribution in [2.75, 3.05) is 13.2 Å². The van der Waals surface area contributed by atoms with Crippen LogP contribution >= 0.6 is 0 Å². The van der Waals surface area contributed by atoms with Crippen molar-refractivity contribution in [3.05, 3.63) is 0 Å². The van der Waals surface area contributed by atoms with Crippen LogP contribution in [0, 0.1) is 11.8 Å². The highest BCUT2D eigenvalue weighted by atomic mass is 16.5. The molecule has 0 spiro atoms. The number of rotatable bonds is 7. The molecule has 2 rings (SSSR count). The summed E-state index contributed by atoms with van der Waals surface area (Å²) in [4.78, 5) is 0. The fourth-order valence-electron chi connectivity index (χ4n) is 2.79. The summed E-state index contributed by atoms with van der Waals surface area (Å²) >= 11 is 0. The summed E-state index contributed by atoms with van der Waals surface area (Å²) in [5.74, 6) is 1.65. The normalized spacial score (nSPS) is 33.0. The van der Waals surface area contributed by atoms with Gasteiger partial charge in [0.05, 0.1) is 5.60 Å². The van der Waals surface area contributed by atoms with E-state index >= 15 is 0 Å². The summed E-state index contributed by atoms with van der Waals surface area (Å²) in [6, 6.07) is 0.801. The lowest BCUT2D eigenvalue weighted by Gasteiger charge is -2.40. The van der Waals surface area contributed by atoms with E-state index in [4.69, 9.17) is 4.74 Å². The van der Waals surface area contributed by atoms with Crippen LogP contribution in [0.4, 0.5) is 0 Å². The molecule has 0 unspecified atom stereocenters. The van der Waals surface area contributed by atoms with Crippen molar-refractivity contribution in [3.8, 4) is 0 Å². The zero-order chi connectivity index (χ0) is 13.0. The fourth-order valence-corrected chi connectivity index (χ4v) is 2.79. The largest absolute Gasteiger partial charge is 0.374 e. The topological polar surface area (TPSA) is 21.3 Å². The van der Waals surface area contributed by atoms with Gasteiger partial charge in [0.2, 0.25) is 0 Å². The highest BCUT2D eigenvalue weighted by molar-refractivity contribution is 4.92. The summed E-state index contributed by atoms with van der Waals surface area (Å²) in [7, 11) is 0. The Balaban J connectivity index is 1.80. The van der Waals surface area contributed by atoms with Crippen molar-refractivity contribution < 1.29 is 4.74 Å². The molecule has 0 aromatic carbocycles. The Morgan fingerprint density at radius 2 is 1.83 bits per heavy atom. The van der Waals surface area contributed by atoms with Gasteiger partial charge < -0.3 is 10.1 Å². The minimum Gasteiger partial charge on any atom is -0.374 e. The van der Waals surface area contributed by atoms with Crippen molar-refractivity contribution >= 4 is 0 Å². The first-order valence-electron chi connectivity index (χ1n) is 7.97. The first kappa shape index (κ1) is 14.3. The molecule has 0 radical (unpaired) electrons. The Hall–Kier alpha value is -0.0800. The van der Waals surface area contributed by atoms with Crippen molar-refractivity contribution in [1.82, 2.24) is 5.32 Å². The van der Waals surface area contributed by atoms with E-state index < -0.39 is 0 Å². The van der Waals surface area contributed by atoms with E-state index in [0.29, 0.717) is 0 Å². The number of hydrogen-bond acceptors (Lipinski definition) is 2. The van der Waals surface area contributed by atoms with Crippen LogP contribution in [-0.4, -0.2) is 24.8 Å². The van der Waals surface area contributed by atoms with Gasteiger partial charge in [-0.1, -0.05) is 20.8 Å². The highest BCUT2D eigenvalue weighted by Crippen LogP contribution is 2.35. The van der Waals surface area contributed by atoms with Gasteiger partial charge in [0.1, 0.15) is 0 Å². The summed E-state index contributed by atoms with van der Waals surface area (Å²) in [5.41, 5.74) is 0.157. The minimum absolute atomic E-state index is 0.157. The molecule has 0 amide bonds. The molecule has 2 heteroatoms. The minimum atomic E-state index is 0.157. The lowest BCUT2D eigenvalue weighted by molar-refractivity contribution is -0.0783. The van der Waals surface area contributed by atoms with Gasteiger partial charge in [-0.15, -0.1) is 0 Å². The van der Waals surface area contributed by atoms with Crippen LogP contribution in [0.2, 0.25) is 0 Å². The molecule has 106 valence electrons. The molecule has 2 saturated carbocycles. The van der Waals surface area contributed by atoms with E-state index in [1.54, 1.807) is 0 Å². The maximum atomic E-state index is 6.35. The van der Waals surface area contributed by atoms with Crippen molar-refractivity contribution in [3.63, 3.8) is 0 Å². The Morgan fingerprint density at radius 1 is 1.17 bits per heavy atom. The fraction of sp³-hybridized carbons (Fsp3) is 1.00. The second-order valence-corrected chi connectivity index (χ2v) is 7.05. The Bertz CT molecular complexity index is 239. The lowest BCUT2D eigenvalue weighted by atomic mass is 9.79. The predicted octanol–water partition coefficient (Wildman–Crippen LogP) is 3.75. The van der Waals surface area contributed by atoms with Gasteiger partial charge in [-0.2, -0.15) is 0 Å². The molecule has 1 N–H and O–H groups in total. The van der Waals surface area contributed by atoms with Crippen LogP contribution < -0.4 is 5.32 Å².